The quantitative estimate of drug-likeness (QED) is 0.777. The van der Waals surface area contributed by atoms with Crippen LogP contribution in [0.5, 0.6) is 0 Å². The summed E-state index contributed by atoms with van der Waals surface area (Å²) >= 11 is 0. The summed E-state index contributed by atoms with van der Waals surface area (Å²) in [7, 11) is 1.87. The molecule has 0 bridgehead atoms. The van der Waals surface area contributed by atoms with Crippen molar-refractivity contribution in [3.63, 3.8) is 0 Å². The van der Waals surface area contributed by atoms with Crippen molar-refractivity contribution in [1.82, 2.24) is 25.1 Å². The second kappa shape index (κ2) is 6.28. The smallest absolute Gasteiger partial charge is 0.164 e. The fourth-order valence-corrected chi connectivity index (χ4v) is 2.24. The highest BCUT2D eigenvalue weighted by Gasteiger charge is 2.15. The minimum Gasteiger partial charge on any atom is -0.298 e. The lowest BCUT2D eigenvalue weighted by atomic mass is 10.0. The Balaban J connectivity index is 1.83. The molecule has 0 amide bonds. The summed E-state index contributed by atoms with van der Waals surface area (Å²) in [4.78, 5) is 8.71. The van der Waals surface area contributed by atoms with Gasteiger partial charge in [-0.15, -0.1) is 0 Å². The summed E-state index contributed by atoms with van der Waals surface area (Å²) in [5.41, 5.74) is 2.16. The van der Waals surface area contributed by atoms with Crippen molar-refractivity contribution >= 4 is 0 Å². The van der Waals surface area contributed by atoms with E-state index in [2.05, 4.69) is 32.5 Å². The predicted molar refractivity (Wildman–Crippen MR) is 80.4 cm³/mol. The van der Waals surface area contributed by atoms with Gasteiger partial charge in [0.2, 0.25) is 0 Å². The Kier molecular flexibility index (Phi) is 4.02. The molecule has 1 aromatic carbocycles. The molecule has 5 nitrogen and oxygen atoms in total. The predicted octanol–water partition coefficient (Wildman–Crippen LogP) is 2.09. The Morgan fingerprint density at radius 3 is 2.52 bits per heavy atom. The van der Waals surface area contributed by atoms with Crippen LogP contribution in [-0.2, 0) is 13.6 Å². The second-order valence-corrected chi connectivity index (χ2v) is 4.81. The van der Waals surface area contributed by atoms with Gasteiger partial charge in [-0.1, -0.05) is 36.4 Å². The Hall–Kier alpha value is -2.53. The maximum Gasteiger partial charge on any atom is 0.164 e. The number of hydrogen-bond donors (Lipinski definition) is 1. The third-order valence-corrected chi connectivity index (χ3v) is 3.23. The topological polar surface area (TPSA) is 55.6 Å². The van der Waals surface area contributed by atoms with Crippen molar-refractivity contribution in [3.05, 3.63) is 78.1 Å². The van der Waals surface area contributed by atoms with Crippen LogP contribution in [-0.4, -0.2) is 19.7 Å². The molecule has 1 N–H and O–H groups in total. The third-order valence-electron chi connectivity index (χ3n) is 3.23. The first-order valence-corrected chi connectivity index (χ1v) is 6.87. The molecule has 1 unspecified atom stereocenters. The molecule has 0 saturated carbocycles. The third kappa shape index (κ3) is 3.32. The Labute approximate surface area is 123 Å². The van der Waals surface area contributed by atoms with Gasteiger partial charge in [0.05, 0.1) is 18.3 Å². The first kappa shape index (κ1) is 13.5. The van der Waals surface area contributed by atoms with Crippen LogP contribution in [0.25, 0.3) is 0 Å². The number of pyridine rings is 1. The Bertz CT molecular complexity index is 639. The van der Waals surface area contributed by atoms with Crippen LogP contribution >= 0.6 is 0 Å². The fourth-order valence-electron chi connectivity index (χ4n) is 2.24. The zero-order valence-electron chi connectivity index (χ0n) is 11.8. The van der Waals surface area contributed by atoms with Crippen LogP contribution in [0.15, 0.2) is 61.1 Å². The van der Waals surface area contributed by atoms with E-state index >= 15 is 0 Å². The van der Waals surface area contributed by atoms with Gasteiger partial charge in [-0.25, -0.2) is 4.98 Å². The molecular formula is C16H17N5. The number of aryl methyl sites for hydroxylation is 1. The lowest BCUT2D eigenvalue weighted by Gasteiger charge is -2.18. The molecule has 2 heterocycles. The molecule has 0 spiro atoms. The molecule has 0 aliphatic carbocycles. The van der Waals surface area contributed by atoms with Crippen LogP contribution in [0, 0.1) is 0 Å². The van der Waals surface area contributed by atoms with Crippen LogP contribution in [0.2, 0.25) is 0 Å². The number of rotatable bonds is 5. The molecule has 3 rings (SSSR count). The normalized spacial score (nSPS) is 12.2. The van der Waals surface area contributed by atoms with Gasteiger partial charge in [0.1, 0.15) is 6.33 Å². The second-order valence-electron chi connectivity index (χ2n) is 4.81. The summed E-state index contributed by atoms with van der Waals surface area (Å²) < 4.78 is 1.70. The van der Waals surface area contributed by atoms with E-state index in [9.17, 15) is 0 Å². The summed E-state index contributed by atoms with van der Waals surface area (Å²) in [6.07, 6.45) is 3.52. The molecule has 21 heavy (non-hydrogen) atoms. The maximum atomic E-state index is 4.46. The van der Waals surface area contributed by atoms with Gasteiger partial charge in [-0.2, -0.15) is 5.10 Å². The van der Waals surface area contributed by atoms with E-state index in [0.29, 0.717) is 6.54 Å². The van der Waals surface area contributed by atoms with Crippen LogP contribution < -0.4 is 5.32 Å². The number of nitrogens with zero attached hydrogens (tertiary/aromatic N) is 4. The molecule has 3 aromatic rings. The van der Waals surface area contributed by atoms with Crippen molar-refractivity contribution < 1.29 is 0 Å². The van der Waals surface area contributed by atoms with Crippen LogP contribution in [0.1, 0.15) is 23.1 Å². The number of aromatic nitrogens is 4. The Morgan fingerprint density at radius 1 is 1.05 bits per heavy atom. The van der Waals surface area contributed by atoms with Gasteiger partial charge in [-0.3, -0.25) is 15.0 Å². The van der Waals surface area contributed by atoms with Crippen LogP contribution in [0.3, 0.4) is 0 Å². The molecule has 0 radical (unpaired) electrons. The molecule has 5 heteroatoms. The summed E-state index contributed by atoms with van der Waals surface area (Å²) in [6.45, 7) is 0.594. The summed E-state index contributed by atoms with van der Waals surface area (Å²) in [6, 6.07) is 16.2. The minimum absolute atomic E-state index is 0.0243. The van der Waals surface area contributed by atoms with Crippen molar-refractivity contribution in [1.29, 1.82) is 0 Å². The van der Waals surface area contributed by atoms with Crippen molar-refractivity contribution in [2.24, 2.45) is 7.05 Å². The van der Waals surface area contributed by atoms with E-state index in [-0.39, 0.29) is 6.04 Å². The van der Waals surface area contributed by atoms with Gasteiger partial charge in [0, 0.05) is 13.2 Å². The van der Waals surface area contributed by atoms with Crippen molar-refractivity contribution in [3.8, 4) is 0 Å². The summed E-state index contributed by atoms with van der Waals surface area (Å²) in [5.74, 6) is 0.773. The SMILES string of the molecule is Cn1cnc(CNC(c2ccccc2)c2ccccn2)n1. The van der Waals surface area contributed by atoms with Gasteiger partial charge >= 0.3 is 0 Å². The van der Waals surface area contributed by atoms with Gasteiger partial charge < -0.3 is 0 Å². The number of nitrogens with one attached hydrogen (secondary N) is 1. The monoisotopic (exact) mass is 279 g/mol. The van der Waals surface area contributed by atoms with Crippen molar-refractivity contribution in [2.75, 3.05) is 0 Å². The minimum atomic E-state index is 0.0243. The highest BCUT2D eigenvalue weighted by atomic mass is 15.3. The standard InChI is InChI=1S/C16H17N5/c1-21-12-19-15(20-21)11-18-16(13-7-3-2-4-8-13)14-9-5-6-10-17-14/h2-10,12,16,18H,11H2,1H3. The maximum absolute atomic E-state index is 4.46. The zero-order valence-corrected chi connectivity index (χ0v) is 11.8. The summed E-state index contributed by atoms with van der Waals surface area (Å²) in [5, 5.41) is 7.77. The highest BCUT2D eigenvalue weighted by molar-refractivity contribution is 5.27. The molecule has 0 aliphatic rings. The average molecular weight is 279 g/mol. The molecule has 0 saturated heterocycles. The first-order chi connectivity index (χ1) is 10.3. The molecule has 0 aliphatic heterocycles. The molecule has 0 fully saturated rings. The first-order valence-electron chi connectivity index (χ1n) is 6.87. The van der Waals surface area contributed by atoms with E-state index in [0.717, 1.165) is 11.5 Å². The molecule has 1 atom stereocenters. The largest absolute Gasteiger partial charge is 0.298 e. The van der Waals surface area contributed by atoms with E-state index in [4.69, 9.17) is 0 Å². The van der Waals surface area contributed by atoms with Gasteiger partial charge in [0.25, 0.3) is 0 Å². The molecule has 106 valence electrons. The number of benzene rings is 1. The number of hydrogen-bond acceptors (Lipinski definition) is 4. The Morgan fingerprint density at radius 2 is 1.86 bits per heavy atom. The molecule has 2 aromatic heterocycles. The van der Waals surface area contributed by atoms with E-state index in [1.807, 2.05) is 49.6 Å². The zero-order chi connectivity index (χ0) is 14.5. The van der Waals surface area contributed by atoms with Gasteiger partial charge in [-0.05, 0) is 17.7 Å². The van der Waals surface area contributed by atoms with Crippen LogP contribution in [0.4, 0.5) is 0 Å². The lowest BCUT2D eigenvalue weighted by molar-refractivity contribution is 0.571. The molecular weight excluding hydrogens is 262 g/mol. The lowest BCUT2D eigenvalue weighted by Crippen LogP contribution is -2.23. The highest BCUT2D eigenvalue weighted by Crippen LogP contribution is 2.20. The van der Waals surface area contributed by atoms with Gasteiger partial charge in [0.15, 0.2) is 5.82 Å². The van der Waals surface area contributed by atoms with E-state index in [1.165, 1.54) is 5.56 Å². The van der Waals surface area contributed by atoms with Crippen molar-refractivity contribution in [2.45, 2.75) is 12.6 Å². The fraction of sp³-hybridized carbons (Fsp3) is 0.188. The van der Waals surface area contributed by atoms with E-state index < -0.39 is 0 Å². The average Bonchev–Trinajstić information content (AvgIpc) is 2.95. The van der Waals surface area contributed by atoms with E-state index in [1.54, 1.807) is 11.0 Å².